The second kappa shape index (κ2) is 7.43. The van der Waals surface area contributed by atoms with Crippen molar-refractivity contribution in [1.82, 2.24) is 4.98 Å². The van der Waals surface area contributed by atoms with Gasteiger partial charge < -0.3 is 14.2 Å². The molecule has 0 fully saturated rings. The highest BCUT2D eigenvalue weighted by atomic mass is 32.1. The normalized spacial score (nSPS) is 12.6. The third-order valence-electron chi connectivity index (χ3n) is 3.57. The number of alkyl halides is 3. The maximum Gasteiger partial charge on any atom is 0.416 e. The lowest BCUT2D eigenvalue weighted by Gasteiger charge is -2.12. The summed E-state index contributed by atoms with van der Waals surface area (Å²) < 4.78 is 54.5. The van der Waals surface area contributed by atoms with Crippen LogP contribution in [0.5, 0.6) is 16.7 Å². The quantitative estimate of drug-likeness (QED) is 0.564. The Morgan fingerprint density at radius 3 is 2.41 bits per heavy atom. The van der Waals surface area contributed by atoms with Crippen molar-refractivity contribution in [3.63, 3.8) is 0 Å². The van der Waals surface area contributed by atoms with Crippen LogP contribution in [0.3, 0.4) is 0 Å². The first-order valence-corrected chi connectivity index (χ1v) is 8.58. The fraction of sp³-hybridized carbons (Fsp3) is 0.222. The number of thiazole rings is 1. The lowest BCUT2D eigenvalue weighted by atomic mass is 10.2. The number of aromatic nitrogens is 1. The number of methoxy groups -OCH3 is 1. The predicted molar refractivity (Wildman–Crippen MR) is 93.2 cm³/mol. The SMILES string of the molecule is COC(=O)[C@@H](C)Oc1ccc(Oc2nc3cc(C(F)(F)F)ccc3s2)cc1. The summed E-state index contributed by atoms with van der Waals surface area (Å²) in [6, 6.07) is 9.78. The number of rotatable bonds is 5. The zero-order chi connectivity index (χ0) is 19.6. The van der Waals surface area contributed by atoms with Gasteiger partial charge in [0.1, 0.15) is 11.5 Å². The molecule has 27 heavy (non-hydrogen) atoms. The molecule has 3 aromatic rings. The van der Waals surface area contributed by atoms with Crippen LogP contribution in [0.15, 0.2) is 42.5 Å². The van der Waals surface area contributed by atoms with Gasteiger partial charge in [-0.25, -0.2) is 9.78 Å². The third kappa shape index (κ3) is 4.48. The Kier molecular flexibility index (Phi) is 5.22. The molecule has 1 heterocycles. The molecule has 0 aliphatic carbocycles. The summed E-state index contributed by atoms with van der Waals surface area (Å²) in [5.41, 5.74) is -0.537. The van der Waals surface area contributed by atoms with Crippen LogP contribution in [0.4, 0.5) is 13.2 Å². The van der Waals surface area contributed by atoms with Gasteiger partial charge in [-0.3, -0.25) is 0 Å². The van der Waals surface area contributed by atoms with Crippen molar-refractivity contribution in [2.24, 2.45) is 0 Å². The van der Waals surface area contributed by atoms with Crippen LogP contribution in [0.1, 0.15) is 12.5 Å². The van der Waals surface area contributed by atoms with Crippen LogP contribution in [0.25, 0.3) is 10.2 Å². The number of fused-ring (bicyclic) bond motifs is 1. The Morgan fingerprint density at radius 1 is 1.11 bits per heavy atom. The highest BCUT2D eigenvalue weighted by molar-refractivity contribution is 7.20. The van der Waals surface area contributed by atoms with Crippen LogP contribution in [-0.2, 0) is 15.7 Å². The minimum absolute atomic E-state index is 0.219. The van der Waals surface area contributed by atoms with E-state index in [1.807, 2.05) is 0 Å². The molecule has 0 spiro atoms. The molecule has 0 saturated heterocycles. The number of benzene rings is 2. The van der Waals surface area contributed by atoms with Gasteiger partial charge in [0.15, 0.2) is 6.10 Å². The lowest BCUT2D eigenvalue weighted by molar-refractivity contribution is -0.147. The molecule has 0 unspecified atom stereocenters. The van der Waals surface area contributed by atoms with Crippen molar-refractivity contribution in [1.29, 1.82) is 0 Å². The largest absolute Gasteiger partial charge is 0.479 e. The van der Waals surface area contributed by atoms with E-state index in [4.69, 9.17) is 9.47 Å². The molecule has 142 valence electrons. The summed E-state index contributed by atoms with van der Waals surface area (Å²) in [4.78, 5) is 15.4. The monoisotopic (exact) mass is 397 g/mol. The van der Waals surface area contributed by atoms with Crippen LogP contribution in [-0.4, -0.2) is 24.2 Å². The van der Waals surface area contributed by atoms with E-state index in [0.29, 0.717) is 16.2 Å². The van der Waals surface area contributed by atoms with Crippen LogP contribution in [0, 0.1) is 0 Å². The summed E-state index contributed by atoms with van der Waals surface area (Å²) >= 11 is 1.14. The van der Waals surface area contributed by atoms with Gasteiger partial charge in [-0.05, 0) is 49.4 Å². The van der Waals surface area contributed by atoms with E-state index in [1.165, 1.54) is 13.2 Å². The summed E-state index contributed by atoms with van der Waals surface area (Å²) in [6.07, 6.45) is -5.18. The number of carbonyl (C=O) groups is 1. The van der Waals surface area contributed by atoms with E-state index in [0.717, 1.165) is 23.5 Å². The number of ether oxygens (including phenoxy) is 3. The maximum absolute atomic E-state index is 12.8. The zero-order valence-corrected chi connectivity index (χ0v) is 15.1. The molecule has 0 aliphatic heterocycles. The molecule has 2 aromatic carbocycles. The molecule has 0 aliphatic rings. The van der Waals surface area contributed by atoms with E-state index < -0.39 is 23.8 Å². The highest BCUT2D eigenvalue weighted by Crippen LogP contribution is 2.36. The van der Waals surface area contributed by atoms with Crippen LogP contribution in [0.2, 0.25) is 0 Å². The molecule has 0 saturated carbocycles. The smallest absolute Gasteiger partial charge is 0.416 e. The van der Waals surface area contributed by atoms with Gasteiger partial charge in [0.25, 0.3) is 5.19 Å². The first-order chi connectivity index (χ1) is 12.8. The van der Waals surface area contributed by atoms with Crippen molar-refractivity contribution in [3.8, 4) is 16.7 Å². The average Bonchev–Trinajstić information content (AvgIpc) is 3.03. The summed E-state index contributed by atoms with van der Waals surface area (Å²) in [7, 11) is 1.27. The maximum atomic E-state index is 12.8. The summed E-state index contributed by atoms with van der Waals surface area (Å²) in [5.74, 6) is 0.380. The fourth-order valence-corrected chi connectivity index (χ4v) is 3.05. The van der Waals surface area contributed by atoms with Crippen molar-refractivity contribution < 1.29 is 32.2 Å². The van der Waals surface area contributed by atoms with Crippen molar-refractivity contribution in [2.45, 2.75) is 19.2 Å². The van der Waals surface area contributed by atoms with E-state index in [1.54, 1.807) is 31.2 Å². The number of esters is 1. The van der Waals surface area contributed by atoms with Gasteiger partial charge in [-0.2, -0.15) is 13.2 Å². The zero-order valence-electron chi connectivity index (χ0n) is 14.2. The molecule has 1 atom stereocenters. The molecule has 0 radical (unpaired) electrons. The Balaban J connectivity index is 1.72. The minimum Gasteiger partial charge on any atom is -0.479 e. The molecule has 0 amide bonds. The molecule has 9 heteroatoms. The van der Waals surface area contributed by atoms with Gasteiger partial charge >= 0.3 is 12.1 Å². The molecule has 0 bridgehead atoms. The fourth-order valence-electron chi connectivity index (χ4n) is 2.23. The van der Waals surface area contributed by atoms with E-state index in [2.05, 4.69) is 9.72 Å². The van der Waals surface area contributed by atoms with Gasteiger partial charge in [0.05, 0.1) is 22.9 Å². The molecule has 1 aromatic heterocycles. The van der Waals surface area contributed by atoms with Crippen molar-refractivity contribution >= 4 is 27.5 Å². The first kappa shape index (κ1) is 19.0. The first-order valence-electron chi connectivity index (χ1n) is 7.76. The van der Waals surface area contributed by atoms with E-state index >= 15 is 0 Å². The van der Waals surface area contributed by atoms with Gasteiger partial charge in [-0.1, -0.05) is 11.3 Å². The second-order valence-corrected chi connectivity index (χ2v) is 6.51. The number of nitrogens with zero attached hydrogens (tertiary/aromatic N) is 1. The van der Waals surface area contributed by atoms with E-state index in [-0.39, 0.29) is 10.7 Å². The van der Waals surface area contributed by atoms with Crippen molar-refractivity contribution in [3.05, 3.63) is 48.0 Å². The minimum atomic E-state index is -4.42. The molecule has 0 N–H and O–H groups in total. The van der Waals surface area contributed by atoms with Crippen LogP contribution >= 0.6 is 11.3 Å². The highest BCUT2D eigenvalue weighted by Gasteiger charge is 2.30. The van der Waals surface area contributed by atoms with E-state index in [9.17, 15) is 18.0 Å². The molecule has 3 rings (SSSR count). The van der Waals surface area contributed by atoms with Gasteiger partial charge in [0.2, 0.25) is 0 Å². The topological polar surface area (TPSA) is 57.7 Å². The Hall–Kier alpha value is -2.81. The number of hydrogen-bond donors (Lipinski definition) is 0. The van der Waals surface area contributed by atoms with Crippen LogP contribution < -0.4 is 9.47 Å². The molecule has 5 nitrogen and oxygen atoms in total. The summed E-state index contributed by atoms with van der Waals surface area (Å²) in [5, 5.41) is 0.223. The number of hydrogen-bond acceptors (Lipinski definition) is 6. The average molecular weight is 397 g/mol. The summed E-state index contributed by atoms with van der Waals surface area (Å²) in [6.45, 7) is 1.56. The Labute approximate surface area is 156 Å². The standard InChI is InChI=1S/C18H14F3NO4S/c1-10(16(23)24-2)25-12-4-6-13(7-5-12)26-17-22-14-9-11(18(19,20)21)3-8-15(14)27-17/h3-10H,1-2H3/t10-/m1/s1. The van der Waals surface area contributed by atoms with Gasteiger partial charge in [0, 0.05) is 0 Å². The number of halogens is 3. The molecular weight excluding hydrogens is 383 g/mol. The van der Waals surface area contributed by atoms with Gasteiger partial charge in [-0.15, -0.1) is 0 Å². The second-order valence-electron chi connectivity index (χ2n) is 5.52. The Morgan fingerprint density at radius 2 is 1.78 bits per heavy atom. The lowest BCUT2D eigenvalue weighted by Crippen LogP contribution is -2.24. The Bertz CT molecular complexity index is 953. The third-order valence-corrected chi connectivity index (χ3v) is 4.48. The number of carbonyl (C=O) groups excluding carboxylic acids is 1. The molecular formula is C18H14F3NO4S. The predicted octanol–water partition coefficient (Wildman–Crippen LogP) is 5.05. The van der Waals surface area contributed by atoms with Crippen molar-refractivity contribution in [2.75, 3.05) is 7.11 Å².